The zero-order valence-electron chi connectivity index (χ0n) is 16.7. The number of nitrogens with zero attached hydrogens (tertiary/aromatic N) is 1. The minimum absolute atomic E-state index is 0.0888. The van der Waals surface area contributed by atoms with Crippen LogP contribution in [0.25, 0.3) is 0 Å². The van der Waals surface area contributed by atoms with E-state index < -0.39 is 15.6 Å². The molecule has 1 amide bonds. The van der Waals surface area contributed by atoms with Crippen molar-refractivity contribution in [1.82, 2.24) is 4.31 Å². The number of carbonyl (C=O) groups excluding carboxylic acids is 2. The second-order valence-electron chi connectivity index (χ2n) is 7.54. The molecule has 2 heterocycles. The lowest BCUT2D eigenvalue weighted by molar-refractivity contribution is -0.114. The number of sulfonamides is 1. The third-order valence-electron chi connectivity index (χ3n) is 5.39. The number of ketones is 1. The zero-order valence-corrected chi connectivity index (χ0v) is 17.5. The molecule has 1 fully saturated rings. The Balaban J connectivity index is 1.55. The van der Waals surface area contributed by atoms with Crippen LogP contribution in [-0.4, -0.2) is 50.2 Å². The molecular formula is C21H22N2O6S. The van der Waals surface area contributed by atoms with Crippen molar-refractivity contribution in [1.29, 1.82) is 0 Å². The number of hydrogen-bond acceptors (Lipinski definition) is 6. The minimum atomic E-state index is -3.76. The third-order valence-corrected chi connectivity index (χ3v) is 7.25. The summed E-state index contributed by atoms with van der Waals surface area (Å²) in [7, 11) is -2.23. The second-order valence-corrected chi connectivity index (χ2v) is 9.48. The number of methoxy groups -OCH3 is 1. The fourth-order valence-corrected chi connectivity index (χ4v) is 5.42. The lowest BCUT2D eigenvalue weighted by atomic mass is 9.89. The van der Waals surface area contributed by atoms with Crippen LogP contribution >= 0.6 is 0 Å². The Morgan fingerprint density at radius 1 is 1.20 bits per heavy atom. The number of rotatable bonds is 4. The summed E-state index contributed by atoms with van der Waals surface area (Å²) >= 11 is 0. The molecule has 0 radical (unpaired) electrons. The van der Waals surface area contributed by atoms with Crippen molar-refractivity contribution >= 4 is 27.4 Å². The van der Waals surface area contributed by atoms with Crippen molar-refractivity contribution in [3.63, 3.8) is 0 Å². The van der Waals surface area contributed by atoms with Gasteiger partial charge in [-0.3, -0.25) is 9.59 Å². The van der Waals surface area contributed by atoms with Gasteiger partial charge in [-0.05, 0) is 42.5 Å². The first-order chi connectivity index (χ1) is 14.2. The normalized spacial score (nSPS) is 21.2. The van der Waals surface area contributed by atoms with Crippen LogP contribution in [-0.2, 0) is 14.8 Å². The first kappa shape index (κ1) is 20.4. The van der Waals surface area contributed by atoms with E-state index in [0.29, 0.717) is 29.2 Å². The van der Waals surface area contributed by atoms with Crippen molar-refractivity contribution in [3.05, 3.63) is 48.0 Å². The van der Waals surface area contributed by atoms with Crippen LogP contribution in [0.15, 0.2) is 47.4 Å². The summed E-state index contributed by atoms with van der Waals surface area (Å²) in [5.74, 6) is 0.698. The molecule has 8 nitrogen and oxygen atoms in total. The molecule has 158 valence electrons. The van der Waals surface area contributed by atoms with Crippen LogP contribution in [0, 0.1) is 0 Å². The van der Waals surface area contributed by atoms with E-state index in [9.17, 15) is 18.0 Å². The van der Waals surface area contributed by atoms with Gasteiger partial charge < -0.3 is 14.8 Å². The molecule has 1 N–H and O–H groups in total. The Kier molecular flexibility index (Phi) is 5.03. The third kappa shape index (κ3) is 3.66. The molecule has 30 heavy (non-hydrogen) atoms. The number of nitrogens with one attached hydrogen (secondary N) is 1. The maximum atomic E-state index is 13.1. The standard InChI is InChI=1S/C21H22N2O6S/c1-14(24)22-15-3-6-17(7-4-15)30(26,27)23-10-9-21(13-23)12-19(25)18-11-16(28-2)5-8-20(18)29-21/h3-8,11H,9-10,12-13H2,1-2H3,(H,22,24). The molecule has 2 aromatic rings. The number of hydrogen-bond donors (Lipinski definition) is 1. The van der Waals surface area contributed by atoms with Gasteiger partial charge in [-0.25, -0.2) is 8.42 Å². The molecule has 2 aliphatic rings. The van der Waals surface area contributed by atoms with Crippen molar-refractivity contribution in [2.24, 2.45) is 0 Å². The second kappa shape index (κ2) is 7.41. The molecule has 0 aliphatic carbocycles. The number of anilines is 1. The molecule has 1 saturated heterocycles. The maximum Gasteiger partial charge on any atom is 0.243 e. The molecule has 1 spiro atoms. The SMILES string of the molecule is COc1ccc2c(c1)C(=O)CC1(CCN(S(=O)(=O)c3ccc(NC(C)=O)cc3)C1)O2. The quantitative estimate of drug-likeness (QED) is 0.800. The molecule has 1 unspecified atom stereocenters. The molecule has 0 bridgehead atoms. The summed E-state index contributed by atoms with van der Waals surface area (Å²) in [5.41, 5.74) is 0.101. The van der Waals surface area contributed by atoms with Gasteiger partial charge in [0.05, 0.1) is 30.5 Å². The molecule has 2 aliphatic heterocycles. The molecule has 9 heteroatoms. The van der Waals surface area contributed by atoms with Gasteiger partial charge in [0, 0.05) is 25.6 Å². The number of fused-ring (bicyclic) bond motifs is 1. The van der Waals surface area contributed by atoms with E-state index in [0.717, 1.165) is 0 Å². The Morgan fingerprint density at radius 3 is 2.60 bits per heavy atom. The fourth-order valence-electron chi connectivity index (χ4n) is 3.90. The van der Waals surface area contributed by atoms with Gasteiger partial charge in [-0.15, -0.1) is 0 Å². The van der Waals surface area contributed by atoms with Crippen LogP contribution in [0.5, 0.6) is 11.5 Å². The van der Waals surface area contributed by atoms with Gasteiger partial charge in [0.25, 0.3) is 0 Å². The van der Waals surface area contributed by atoms with Crippen LogP contribution in [0.2, 0.25) is 0 Å². The van der Waals surface area contributed by atoms with Gasteiger partial charge in [-0.1, -0.05) is 0 Å². The lowest BCUT2D eigenvalue weighted by Crippen LogP contribution is -2.45. The van der Waals surface area contributed by atoms with Crippen molar-refractivity contribution < 1.29 is 27.5 Å². The summed E-state index contributed by atoms with van der Waals surface area (Å²) in [5, 5.41) is 2.61. The smallest absolute Gasteiger partial charge is 0.243 e. The monoisotopic (exact) mass is 430 g/mol. The van der Waals surface area contributed by atoms with Crippen LogP contribution in [0.1, 0.15) is 30.1 Å². The Labute approximate surface area is 174 Å². The number of ether oxygens (including phenoxy) is 2. The number of carbonyl (C=O) groups is 2. The summed E-state index contributed by atoms with van der Waals surface area (Å²) in [6, 6.07) is 11.1. The predicted octanol–water partition coefficient (Wildman–Crippen LogP) is 2.45. The fraction of sp³-hybridized carbons (Fsp3) is 0.333. The lowest BCUT2D eigenvalue weighted by Gasteiger charge is -2.34. The molecule has 0 saturated carbocycles. The van der Waals surface area contributed by atoms with Crippen LogP contribution in [0.3, 0.4) is 0 Å². The van der Waals surface area contributed by atoms with Crippen LogP contribution in [0.4, 0.5) is 5.69 Å². The van der Waals surface area contributed by atoms with Crippen molar-refractivity contribution in [3.8, 4) is 11.5 Å². The molecule has 0 aromatic heterocycles. The molecule has 1 atom stereocenters. The van der Waals surface area contributed by atoms with Gasteiger partial charge in [0.2, 0.25) is 15.9 Å². The van der Waals surface area contributed by atoms with Gasteiger partial charge in [0.1, 0.15) is 17.1 Å². The van der Waals surface area contributed by atoms with Crippen molar-refractivity contribution in [2.75, 3.05) is 25.5 Å². The largest absolute Gasteiger partial charge is 0.497 e. The highest BCUT2D eigenvalue weighted by atomic mass is 32.2. The van der Waals surface area contributed by atoms with Gasteiger partial charge in [0.15, 0.2) is 5.78 Å². The predicted molar refractivity (Wildman–Crippen MR) is 109 cm³/mol. The van der Waals surface area contributed by atoms with E-state index in [4.69, 9.17) is 9.47 Å². The molecule has 4 rings (SSSR count). The Hall–Kier alpha value is -2.91. The average Bonchev–Trinajstić information content (AvgIpc) is 3.11. The van der Waals surface area contributed by atoms with E-state index >= 15 is 0 Å². The number of benzene rings is 2. The Bertz CT molecular complexity index is 1110. The number of amides is 1. The maximum absolute atomic E-state index is 13.1. The highest BCUT2D eigenvalue weighted by molar-refractivity contribution is 7.89. The number of Topliss-reactive ketones (excluding diaryl/α,β-unsaturated/α-hetero) is 1. The Morgan fingerprint density at radius 2 is 1.93 bits per heavy atom. The van der Waals surface area contributed by atoms with Crippen LogP contribution < -0.4 is 14.8 Å². The van der Waals surface area contributed by atoms with E-state index in [2.05, 4.69) is 5.32 Å². The van der Waals surface area contributed by atoms with Gasteiger partial charge in [-0.2, -0.15) is 4.31 Å². The van der Waals surface area contributed by atoms with E-state index in [1.54, 1.807) is 30.3 Å². The highest BCUT2D eigenvalue weighted by Crippen LogP contribution is 2.41. The summed E-state index contributed by atoms with van der Waals surface area (Å²) in [4.78, 5) is 24.0. The minimum Gasteiger partial charge on any atom is -0.497 e. The first-order valence-electron chi connectivity index (χ1n) is 9.50. The zero-order chi connectivity index (χ0) is 21.5. The molecule has 2 aromatic carbocycles. The van der Waals surface area contributed by atoms with Gasteiger partial charge >= 0.3 is 0 Å². The van der Waals surface area contributed by atoms with Crippen molar-refractivity contribution in [2.45, 2.75) is 30.3 Å². The first-order valence-corrected chi connectivity index (χ1v) is 10.9. The topological polar surface area (TPSA) is 102 Å². The average molecular weight is 430 g/mol. The van der Waals surface area contributed by atoms with E-state index in [1.165, 1.54) is 30.5 Å². The van der Waals surface area contributed by atoms with E-state index in [1.807, 2.05) is 0 Å². The summed E-state index contributed by atoms with van der Waals surface area (Å²) in [6.45, 7) is 1.74. The highest BCUT2D eigenvalue weighted by Gasteiger charge is 2.49. The summed E-state index contributed by atoms with van der Waals surface area (Å²) < 4.78 is 38.8. The van der Waals surface area contributed by atoms with E-state index in [-0.39, 0.29) is 36.1 Å². The summed E-state index contributed by atoms with van der Waals surface area (Å²) in [6.07, 6.45) is 0.536. The molecular weight excluding hydrogens is 408 g/mol.